The van der Waals surface area contributed by atoms with Crippen LogP contribution in [0.15, 0.2) is 24.3 Å². The highest BCUT2D eigenvalue weighted by Crippen LogP contribution is 2.53. The summed E-state index contributed by atoms with van der Waals surface area (Å²) < 4.78 is 5.26. The Hall–Kier alpha value is -1.02. The number of rotatable bonds is 3. The fraction of sp³-hybridized carbons (Fsp3) is 0.625. The smallest absolute Gasteiger partial charge is 0.118 e. The van der Waals surface area contributed by atoms with Crippen LogP contribution in [-0.2, 0) is 5.41 Å². The minimum Gasteiger partial charge on any atom is -0.497 e. The maximum atomic E-state index is 5.26. The van der Waals surface area contributed by atoms with E-state index in [1.54, 1.807) is 7.11 Å². The van der Waals surface area contributed by atoms with Crippen molar-refractivity contribution < 1.29 is 4.74 Å². The van der Waals surface area contributed by atoms with Gasteiger partial charge in [0.05, 0.1) is 7.11 Å². The number of hydrogen-bond acceptors (Lipinski definition) is 2. The van der Waals surface area contributed by atoms with Crippen LogP contribution in [0.3, 0.4) is 0 Å². The van der Waals surface area contributed by atoms with Crippen molar-refractivity contribution in [2.24, 2.45) is 0 Å². The lowest BCUT2D eigenvalue weighted by Gasteiger charge is -2.54. The number of nitrogens with one attached hydrogen (secondary N) is 1. The highest BCUT2D eigenvalue weighted by atomic mass is 16.5. The minimum absolute atomic E-state index is 0.449. The van der Waals surface area contributed by atoms with Crippen LogP contribution in [0.25, 0.3) is 0 Å². The topological polar surface area (TPSA) is 21.3 Å². The van der Waals surface area contributed by atoms with Crippen LogP contribution in [0.5, 0.6) is 5.75 Å². The standard InChI is InChI=1S/C16H23NO/c1-17-16-10-7-15(8-11-16,9-12-16)13-3-5-14(18-2)6-4-13/h3-6,17H,7-12H2,1-2H3. The number of fused-ring (bicyclic) bond motifs is 3. The van der Waals surface area contributed by atoms with Gasteiger partial charge in [0.1, 0.15) is 5.75 Å². The third kappa shape index (κ3) is 1.74. The molecule has 1 N–H and O–H groups in total. The SMILES string of the molecule is CNC12CCC(c3ccc(OC)cc3)(CC1)CC2. The Morgan fingerprint density at radius 2 is 1.50 bits per heavy atom. The summed E-state index contributed by atoms with van der Waals surface area (Å²) in [5, 5.41) is 3.57. The molecule has 4 rings (SSSR count). The van der Waals surface area contributed by atoms with E-state index in [4.69, 9.17) is 4.74 Å². The van der Waals surface area contributed by atoms with Gasteiger partial charge in [0.25, 0.3) is 0 Å². The van der Waals surface area contributed by atoms with Crippen molar-refractivity contribution >= 4 is 0 Å². The average Bonchev–Trinajstić information content (AvgIpc) is 2.49. The van der Waals surface area contributed by atoms with E-state index in [9.17, 15) is 0 Å². The number of benzene rings is 1. The summed E-state index contributed by atoms with van der Waals surface area (Å²) in [6.45, 7) is 0. The van der Waals surface area contributed by atoms with Gasteiger partial charge in [-0.05, 0) is 68.7 Å². The first-order chi connectivity index (χ1) is 8.72. The second-order valence-electron chi connectivity index (χ2n) is 6.04. The largest absolute Gasteiger partial charge is 0.497 e. The van der Waals surface area contributed by atoms with Crippen molar-refractivity contribution in [1.82, 2.24) is 5.32 Å². The van der Waals surface area contributed by atoms with Gasteiger partial charge in [-0.1, -0.05) is 12.1 Å². The predicted octanol–water partition coefficient (Wildman–Crippen LogP) is 3.26. The summed E-state index contributed by atoms with van der Waals surface area (Å²) in [6.07, 6.45) is 7.99. The molecule has 2 heteroatoms. The normalized spacial score (nSPS) is 34.6. The number of hydrogen-bond donors (Lipinski definition) is 1. The van der Waals surface area contributed by atoms with Gasteiger partial charge in [-0.3, -0.25) is 0 Å². The highest BCUT2D eigenvalue weighted by molar-refractivity contribution is 5.34. The zero-order chi connectivity index (χ0) is 12.6. The molecular weight excluding hydrogens is 222 g/mol. The van der Waals surface area contributed by atoms with Crippen molar-refractivity contribution in [3.05, 3.63) is 29.8 Å². The molecule has 3 aliphatic rings. The quantitative estimate of drug-likeness (QED) is 0.882. The molecule has 0 aromatic heterocycles. The molecule has 3 fully saturated rings. The van der Waals surface area contributed by atoms with E-state index in [-0.39, 0.29) is 0 Å². The lowest BCUT2D eigenvalue weighted by molar-refractivity contribution is 0.0834. The summed E-state index contributed by atoms with van der Waals surface area (Å²) in [5.41, 5.74) is 2.42. The van der Waals surface area contributed by atoms with E-state index < -0.39 is 0 Å². The first-order valence-corrected chi connectivity index (χ1v) is 7.06. The fourth-order valence-corrected chi connectivity index (χ4v) is 3.94. The molecule has 1 aromatic carbocycles. The minimum atomic E-state index is 0.449. The molecule has 1 aromatic rings. The third-order valence-corrected chi connectivity index (χ3v) is 5.48. The Balaban J connectivity index is 1.84. The Bertz CT molecular complexity index is 399. The molecule has 3 aliphatic carbocycles. The fourth-order valence-electron chi connectivity index (χ4n) is 3.94. The average molecular weight is 245 g/mol. The van der Waals surface area contributed by atoms with E-state index in [2.05, 4.69) is 36.6 Å². The Morgan fingerprint density at radius 3 is 1.94 bits per heavy atom. The predicted molar refractivity (Wildman–Crippen MR) is 74.2 cm³/mol. The van der Waals surface area contributed by atoms with Gasteiger partial charge in [-0.15, -0.1) is 0 Å². The molecule has 2 bridgehead atoms. The zero-order valence-corrected chi connectivity index (χ0v) is 11.5. The van der Waals surface area contributed by atoms with Gasteiger partial charge in [0.15, 0.2) is 0 Å². The van der Waals surface area contributed by atoms with Crippen LogP contribution < -0.4 is 10.1 Å². The van der Waals surface area contributed by atoms with Gasteiger partial charge in [0.2, 0.25) is 0 Å². The van der Waals surface area contributed by atoms with Crippen LogP contribution in [0.1, 0.15) is 44.1 Å². The van der Waals surface area contributed by atoms with Gasteiger partial charge >= 0.3 is 0 Å². The third-order valence-electron chi connectivity index (χ3n) is 5.48. The second kappa shape index (κ2) is 4.27. The molecular formula is C16H23NO. The van der Waals surface area contributed by atoms with Crippen molar-refractivity contribution in [1.29, 1.82) is 0 Å². The van der Waals surface area contributed by atoms with Crippen LogP contribution in [0.2, 0.25) is 0 Å². The maximum Gasteiger partial charge on any atom is 0.118 e. The van der Waals surface area contributed by atoms with Gasteiger partial charge in [0, 0.05) is 5.54 Å². The summed E-state index contributed by atoms with van der Waals surface area (Å²) in [5.74, 6) is 0.964. The first kappa shape index (κ1) is 12.0. The zero-order valence-electron chi connectivity index (χ0n) is 11.5. The van der Waals surface area contributed by atoms with Crippen molar-refractivity contribution in [2.45, 2.75) is 49.5 Å². The van der Waals surface area contributed by atoms with Crippen LogP contribution in [-0.4, -0.2) is 19.7 Å². The molecule has 3 saturated carbocycles. The van der Waals surface area contributed by atoms with Gasteiger partial charge in [-0.2, -0.15) is 0 Å². The van der Waals surface area contributed by atoms with Crippen molar-refractivity contribution in [2.75, 3.05) is 14.2 Å². The molecule has 98 valence electrons. The van der Waals surface area contributed by atoms with Gasteiger partial charge < -0.3 is 10.1 Å². The van der Waals surface area contributed by atoms with E-state index in [1.165, 1.54) is 44.1 Å². The monoisotopic (exact) mass is 245 g/mol. The lowest BCUT2D eigenvalue weighted by Crippen LogP contribution is -2.54. The molecule has 0 heterocycles. The molecule has 2 nitrogen and oxygen atoms in total. The van der Waals surface area contributed by atoms with E-state index in [0.29, 0.717) is 11.0 Å². The van der Waals surface area contributed by atoms with Crippen LogP contribution in [0, 0.1) is 0 Å². The second-order valence-corrected chi connectivity index (χ2v) is 6.04. The molecule has 0 unspecified atom stereocenters. The summed E-state index contributed by atoms with van der Waals surface area (Å²) >= 11 is 0. The van der Waals surface area contributed by atoms with Crippen molar-refractivity contribution in [3.63, 3.8) is 0 Å². The molecule has 0 aliphatic heterocycles. The molecule has 0 saturated heterocycles. The van der Waals surface area contributed by atoms with E-state index >= 15 is 0 Å². The molecule has 0 atom stereocenters. The van der Waals surface area contributed by atoms with Crippen LogP contribution in [0.4, 0.5) is 0 Å². The molecule has 0 spiro atoms. The van der Waals surface area contributed by atoms with Gasteiger partial charge in [-0.25, -0.2) is 0 Å². The number of ether oxygens (including phenoxy) is 1. The summed E-state index contributed by atoms with van der Waals surface area (Å²) in [7, 11) is 3.86. The highest BCUT2D eigenvalue weighted by Gasteiger charge is 2.48. The maximum absolute atomic E-state index is 5.26. The molecule has 0 radical (unpaired) electrons. The molecule has 18 heavy (non-hydrogen) atoms. The Morgan fingerprint density at radius 1 is 0.944 bits per heavy atom. The van der Waals surface area contributed by atoms with Crippen LogP contribution >= 0.6 is 0 Å². The number of methoxy groups -OCH3 is 1. The van der Waals surface area contributed by atoms with Crippen molar-refractivity contribution in [3.8, 4) is 5.75 Å². The summed E-state index contributed by atoms with van der Waals surface area (Å²) in [6, 6.07) is 8.77. The summed E-state index contributed by atoms with van der Waals surface area (Å²) in [4.78, 5) is 0. The van der Waals surface area contributed by atoms with E-state index in [1.807, 2.05) is 0 Å². The van der Waals surface area contributed by atoms with E-state index in [0.717, 1.165) is 5.75 Å². The molecule has 0 amide bonds. The first-order valence-electron chi connectivity index (χ1n) is 7.06. The lowest BCUT2D eigenvalue weighted by atomic mass is 9.55. The Kier molecular flexibility index (Phi) is 2.86. The Labute approximate surface area is 110 Å².